The van der Waals surface area contributed by atoms with Gasteiger partial charge in [0.05, 0.1) is 21.5 Å². The van der Waals surface area contributed by atoms with Crippen molar-refractivity contribution in [1.82, 2.24) is 14.6 Å². The fraction of sp³-hybridized carbons (Fsp3) is 0.571. The van der Waals surface area contributed by atoms with Gasteiger partial charge in [-0.1, -0.05) is 38.5 Å². The number of hydrogen-bond donors (Lipinski definition) is 2. The van der Waals surface area contributed by atoms with E-state index in [1.807, 2.05) is 0 Å². The largest absolute Gasteiger partial charge is 0.400 e. The van der Waals surface area contributed by atoms with Crippen LogP contribution in [0.25, 0.3) is 5.65 Å². The lowest BCUT2D eigenvalue weighted by atomic mass is 10.0. The third kappa shape index (κ3) is 5.33. The van der Waals surface area contributed by atoms with Crippen LogP contribution in [-0.4, -0.2) is 37.3 Å². The van der Waals surface area contributed by atoms with Gasteiger partial charge in [0.1, 0.15) is 10.8 Å². The first kappa shape index (κ1) is 19.1. The number of halogens is 1. The number of aliphatic hydroxyl groups excluding tert-OH is 1. The van der Waals surface area contributed by atoms with E-state index in [9.17, 15) is 4.21 Å². The molecule has 1 aliphatic rings. The van der Waals surface area contributed by atoms with E-state index in [0.717, 1.165) is 11.6 Å². The van der Waals surface area contributed by atoms with Crippen LogP contribution in [0.3, 0.4) is 0 Å². The van der Waals surface area contributed by atoms with E-state index in [0.29, 0.717) is 16.5 Å². The van der Waals surface area contributed by atoms with Crippen molar-refractivity contribution in [2.75, 3.05) is 19.1 Å². The highest BCUT2D eigenvalue weighted by molar-refractivity contribution is 9.10. The highest BCUT2D eigenvalue weighted by Crippen LogP contribution is 2.19. The zero-order valence-electron chi connectivity index (χ0n) is 13.0. The van der Waals surface area contributed by atoms with Crippen molar-refractivity contribution in [2.45, 2.75) is 43.6 Å². The zero-order chi connectivity index (χ0) is 16.5. The molecule has 0 aromatic carbocycles. The number of nitrogen functional groups attached to an aromatic ring is 1. The molecule has 0 saturated heterocycles. The maximum Gasteiger partial charge on any atom is 0.172 e. The molecule has 124 valence electrons. The fourth-order valence-electron chi connectivity index (χ4n) is 2.19. The first-order valence-corrected chi connectivity index (χ1v) is 9.52. The van der Waals surface area contributed by atoms with E-state index in [-0.39, 0.29) is 0 Å². The molecule has 3 rings (SSSR count). The summed E-state index contributed by atoms with van der Waals surface area (Å²) < 4.78 is 13.6. The summed E-state index contributed by atoms with van der Waals surface area (Å²) in [4.78, 5) is 4.08. The average molecular weight is 391 g/mol. The number of aromatic nitrogens is 3. The van der Waals surface area contributed by atoms with Gasteiger partial charge < -0.3 is 10.8 Å². The van der Waals surface area contributed by atoms with Gasteiger partial charge in [-0.25, -0.2) is 9.50 Å². The van der Waals surface area contributed by atoms with Gasteiger partial charge in [-0.15, -0.1) is 0 Å². The van der Waals surface area contributed by atoms with Crippen LogP contribution in [0.4, 0.5) is 5.82 Å². The number of rotatable bonds is 1. The predicted molar refractivity (Wildman–Crippen MR) is 93.3 cm³/mol. The average Bonchev–Trinajstić information content (AvgIpc) is 2.92. The molecule has 2 aromatic heterocycles. The lowest BCUT2D eigenvalue weighted by Gasteiger charge is -2.05. The van der Waals surface area contributed by atoms with Crippen LogP contribution in [0, 0.1) is 0 Å². The maximum atomic E-state index is 11.4. The summed E-state index contributed by atoms with van der Waals surface area (Å²) in [7, 11) is -0.141. The van der Waals surface area contributed by atoms with E-state index in [2.05, 4.69) is 26.0 Å². The number of fused-ring (bicyclic) bond motifs is 1. The van der Waals surface area contributed by atoms with Crippen molar-refractivity contribution in [3.05, 3.63) is 16.7 Å². The second-order valence-electron chi connectivity index (χ2n) is 4.82. The Balaban J connectivity index is 0.000000253. The van der Waals surface area contributed by atoms with Crippen molar-refractivity contribution >= 4 is 38.2 Å². The Bertz CT molecular complexity index is 603. The summed E-state index contributed by atoms with van der Waals surface area (Å²) >= 11 is 3.28. The quantitative estimate of drug-likeness (QED) is 0.730. The van der Waals surface area contributed by atoms with Gasteiger partial charge in [0.25, 0.3) is 0 Å². The molecule has 1 saturated carbocycles. The minimum absolute atomic E-state index is 0.337. The number of aliphatic hydroxyl groups is 1. The molecule has 2 aromatic rings. The molecule has 8 heteroatoms. The summed E-state index contributed by atoms with van der Waals surface area (Å²) in [6.07, 6.45) is 12.2. The third-order valence-electron chi connectivity index (χ3n) is 3.21. The van der Waals surface area contributed by atoms with Gasteiger partial charge >= 0.3 is 0 Å². The second-order valence-corrected chi connectivity index (χ2v) is 7.00. The van der Waals surface area contributed by atoms with Crippen LogP contribution in [0.5, 0.6) is 0 Å². The summed E-state index contributed by atoms with van der Waals surface area (Å²) in [5.41, 5.74) is 6.16. The van der Waals surface area contributed by atoms with E-state index >= 15 is 0 Å². The Labute approximate surface area is 141 Å². The molecule has 3 N–H and O–H groups in total. The number of nitrogens with zero attached hydrogens (tertiary/aromatic N) is 3. The fourth-order valence-corrected chi connectivity index (χ4v) is 3.20. The molecule has 1 fully saturated rings. The van der Waals surface area contributed by atoms with E-state index in [1.165, 1.54) is 43.0 Å². The lowest BCUT2D eigenvalue weighted by Crippen LogP contribution is -2.04. The normalized spacial score (nSPS) is 15.3. The molecule has 22 heavy (non-hydrogen) atoms. The molecular formula is C14H23BrN4O2S. The van der Waals surface area contributed by atoms with E-state index in [1.54, 1.807) is 18.5 Å². The molecule has 0 bridgehead atoms. The molecule has 1 aliphatic carbocycles. The highest BCUT2D eigenvalue weighted by Gasteiger charge is 2.10. The first-order chi connectivity index (χ1) is 10.6. The van der Waals surface area contributed by atoms with Crippen molar-refractivity contribution in [2.24, 2.45) is 0 Å². The predicted octanol–water partition coefficient (Wildman–Crippen LogP) is 2.76. The van der Waals surface area contributed by atoms with Crippen LogP contribution < -0.4 is 5.73 Å². The van der Waals surface area contributed by atoms with Gasteiger partial charge in [-0.2, -0.15) is 5.10 Å². The van der Waals surface area contributed by atoms with Crippen LogP contribution in [0.15, 0.2) is 21.8 Å². The molecular weight excluding hydrogens is 368 g/mol. The number of hydrogen-bond acceptors (Lipinski definition) is 5. The molecule has 0 aliphatic heterocycles. The Hall–Kier alpha value is -0.990. The van der Waals surface area contributed by atoms with Crippen LogP contribution in [0.1, 0.15) is 38.5 Å². The van der Waals surface area contributed by atoms with Crippen LogP contribution in [0.2, 0.25) is 0 Å². The third-order valence-corrected chi connectivity index (χ3v) is 4.65. The minimum Gasteiger partial charge on any atom is -0.400 e. The van der Waals surface area contributed by atoms with E-state index in [4.69, 9.17) is 10.8 Å². The van der Waals surface area contributed by atoms with Crippen LogP contribution in [-0.2, 0) is 10.8 Å². The van der Waals surface area contributed by atoms with Crippen molar-refractivity contribution in [3.63, 3.8) is 0 Å². The molecule has 0 spiro atoms. The van der Waals surface area contributed by atoms with Gasteiger partial charge in [-0.05, 0) is 15.9 Å². The zero-order valence-corrected chi connectivity index (χ0v) is 15.4. The SMILES string of the molecule is C1CCCCC1.CO.CS(=O)c1cc(N)nc2c(Br)cnn12. The number of nitrogens with two attached hydrogens (primary N) is 1. The molecule has 2 heterocycles. The Morgan fingerprint density at radius 2 is 1.73 bits per heavy atom. The highest BCUT2D eigenvalue weighted by atomic mass is 79.9. The van der Waals surface area contributed by atoms with Gasteiger partial charge in [0, 0.05) is 19.4 Å². The molecule has 1 atom stereocenters. The Morgan fingerprint density at radius 3 is 2.18 bits per heavy atom. The Morgan fingerprint density at radius 1 is 1.23 bits per heavy atom. The van der Waals surface area contributed by atoms with Crippen molar-refractivity contribution in [3.8, 4) is 0 Å². The topological polar surface area (TPSA) is 93.5 Å². The summed E-state index contributed by atoms with van der Waals surface area (Å²) in [5, 5.41) is 11.6. The lowest BCUT2D eigenvalue weighted by molar-refractivity contribution is 0.399. The first-order valence-electron chi connectivity index (χ1n) is 7.17. The van der Waals surface area contributed by atoms with Gasteiger partial charge in [-0.3, -0.25) is 4.21 Å². The second kappa shape index (κ2) is 9.91. The smallest absolute Gasteiger partial charge is 0.172 e. The van der Waals surface area contributed by atoms with Crippen molar-refractivity contribution < 1.29 is 9.32 Å². The molecule has 0 radical (unpaired) electrons. The maximum absolute atomic E-state index is 11.4. The van der Waals surface area contributed by atoms with E-state index < -0.39 is 10.8 Å². The monoisotopic (exact) mass is 390 g/mol. The molecule has 0 amide bonds. The summed E-state index contributed by atoms with van der Waals surface area (Å²) in [5.74, 6) is 0.337. The minimum atomic E-state index is -1.14. The summed E-state index contributed by atoms with van der Waals surface area (Å²) in [6, 6.07) is 1.56. The van der Waals surface area contributed by atoms with Crippen LogP contribution >= 0.6 is 15.9 Å². The standard InChI is InChI=1S/C7H7BrN4OS.C6H12.CH4O/c1-14(13)6-2-5(9)11-7-4(8)3-10-12(6)7;1-2-4-6-5-3-1;1-2/h2-3H,1H3,(H2,9,11);1-6H2;2H,1H3. The van der Waals surface area contributed by atoms with Gasteiger partial charge in [0.2, 0.25) is 0 Å². The summed E-state index contributed by atoms with van der Waals surface area (Å²) in [6.45, 7) is 0. The van der Waals surface area contributed by atoms with Gasteiger partial charge in [0.15, 0.2) is 5.65 Å². The van der Waals surface area contributed by atoms with Crippen molar-refractivity contribution in [1.29, 1.82) is 0 Å². The molecule has 6 nitrogen and oxygen atoms in total. The number of anilines is 1. The molecule has 1 unspecified atom stereocenters. The Kier molecular flexibility index (Phi) is 8.59.